The fourth-order valence-electron chi connectivity index (χ4n) is 1.62. The average Bonchev–Trinajstić information content (AvgIpc) is 2.36. The molecule has 1 aromatic heterocycles. The highest BCUT2D eigenvalue weighted by Crippen LogP contribution is 2.06. The Morgan fingerprint density at radius 3 is 3.00 bits per heavy atom. The predicted molar refractivity (Wildman–Crippen MR) is 65.4 cm³/mol. The van der Waals surface area contributed by atoms with Crippen LogP contribution in [-0.4, -0.2) is 47.5 Å². The number of ether oxygens (including phenoxy) is 1. The van der Waals surface area contributed by atoms with E-state index in [4.69, 9.17) is 14.9 Å². The van der Waals surface area contributed by atoms with E-state index in [2.05, 4.69) is 10.3 Å². The molecule has 0 saturated carbocycles. The first kappa shape index (κ1) is 14.6. The number of aromatic nitrogens is 1. The van der Waals surface area contributed by atoms with Crippen molar-refractivity contribution >= 4 is 5.97 Å². The third-order valence-electron chi connectivity index (χ3n) is 2.52. The van der Waals surface area contributed by atoms with E-state index in [9.17, 15) is 4.79 Å². The van der Waals surface area contributed by atoms with Gasteiger partial charge in [-0.1, -0.05) is 0 Å². The number of nitrogens with one attached hydrogen (secondary N) is 1. The monoisotopic (exact) mass is 254 g/mol. The second-order valence-electron chi connectivity index (χ2n) is 3.85. The lowest BCUT2D eigenvalue weighted by molar-refractivity contribution is 0.0694. The van der Waals surface area contributed by atoms with Gasteiger partial charge in [0.2, 0.25) is 0 Å². The Bertz CT molecular complexity index is 378. The fraction of sp³-hybridized carbons (Fsp3) is 0.500. The van der Waals surface area contributed by atoms with Gasteiger partial charge < -0.3 is 20.3 Å². The van der Waals surface area contributed by atoms with Crippen molar-refractivity contribution in [1.82, 2.24) is 10.3 Å². The first-order chi connectivity index (χ1) is 8.69. The molecule has 0 aromatic carbocycles. The third kappa shape index (κ3) is 4.40. The van der Waals surface area contributed by atoms with E-state index in [-0.39, 0.29) is 18.2 Å². The van der Waals surface area contributed by atoms with Crippen LogP contribution in [0.15, 0.2) is 18.3 Å². The molecule has 0 aliphatic carbocycles. The number of aromatic carboxylic acids is 1. The molecule has 0 aliphatic heterocycles. The first-order valence-electron chi connectivity index (χ1n) is 5.69. The maximum Gasteiger partial charge on any atom is 0.337 e. The van der Waals surface area contributed by atoms with Crippen molar-refractivity contribution in [3.05, 3.63) is 29.6 Å². The predicted octanol–water partition coefficient (Wildman–Crippen LogP) is 0.267. The second-order valence-corrected chi connectivity index (χ2v) is 3.85. The fourth-order valence-corrected chi connectivity index (χ4v) is 1.62. The Labute approximate surface area is 106 Å². The Hall–Kier alpha value is -1.50. The largest absolute Gasteiger partial charge is 0.478 e. The molecule has 0 fully saturated rings. The molecule has 18 heavy (non-hydrogen) atoms. The zero-order valence-corrected chi connectivity index (χ0v) is 10.3. The molecular formula is C12H18N2O4. The van der Waals surface area contributed by atoms with Crippen molar-refractivity contribution in [2.24, 2.45) is 0 Å². The maximum atomic E-state index is 11.0. The molecule has 0 radical (unpaired) electrons. The number of hydrogen-bond donors (Lipinski definition) is 3. The summed E-state index contributed by atoms with van der Waals surface area (Å²) in [6.07, 6.45) is 2.10. The van der Waals surface area contributed by atoms with Gasteiger partial charge in [-0.25, -0.2) is 4.79 Å². The number of rotatable bonds is 8. The van der Waals surface area contributed by atoms with Gasteiger partial charge in [-0.2, -0.15) is 0 Å². The first-order valence-corrected chi connectivity index (χ1v) is 5.69. The highest BCUT2D eigenvalue weighted by atomic mass is 16.5. The zero-order chi connectivity index (χ0) is 13.4. The topological polar surface area (TPSA) is 91.7 Å². The Morgan fingerprint density at radius 2 is 2.39 bits per heavy atom. The number of nitrogens with zero attached hydrogens (tertiary/aromatic N) is 1. The molecule has 0 spiro atoms. The van der Waals surface area contributed by atoms with Crippen LogP contribution in [0.25, 0.3) is 0 Å². The smallest absolute Gasteiger partial charge is 0.337 e. The molecular weight excluding hydrogens is 236 g/mol. The number of aliphatic hydroxyl groups excluding tert-OH is 1. The number of methoxy groups -OCH3 is 1. The summed E-state index contributed by atoms with van der Waals surface area (Å²) in [7, 11) is 1.58. The van der Waals surface area contributed by atoms with E-state index in [0.29, 0.717) is 25.3 Å². The van der Waals surface area contributed by atoms with Gasteiger partial charge in [0.1, 0.15) is 0 Å². The SMILES string of the molecule is COCC(CCO)NCc1ncccc1C(=O)O. The third-order valence-corrected chi connectivity index (χ3v) is 2.52. The molecule has 6 heteroatoms. The zero-order valence-electron chi connectivity index (χ0n) is 10.3. The van der Waals surface area contributed by atoms with E-state index in [1.54, 1.807) is 19.4 Å². The van der Waals surface area contributed by atoms with Crippen molar-refractivity contribution in [2.75, 3.05) is 20.3 Å². The maximum absolute atomic E-state index is 11.0. The molecule has 1 heterocycles. The number of aliphatic hydroxyl groups is 1. The highest BCUT2D eigenvalue weighted by molar-refractivity contribution is 5.88. The lowest BCUT2D eigenvalue weighted by Crippen LogP contribution is -2.34. The molecule has 0 saturated heterocycles. The molecule has 1 aromatic rings. The summed E-state index contributed by atoms with van der Waals surface area (Å²) in [5, 5.41) is 21.0. The lowest BCUT2D eigenvalue weighted by atomic mass is 10.1. The van der Waals surface area contributed by atoms with Gasteiger partial charge in [-0.05, 0) is 18.6 Å². The van der Waals surface area contributed by atoms with Crippen LogP contribution in [0.3, 0.4) is 0 Å². The van der Waals surface area contributed by atoms with Gasteiger partial charge in [-0.3, -0.25) is 4.98 Å². The van der Waals surface area contributed by atoms with Crippen LogP contribution in [-0.2, 0) is 11.3 Å². The summed E-state index contributed by atoms with van der Waals surface area (Å²) in [6, 6.07) is 3.08. The van der Waals surface area contributed by atoms with Crippen LogP contribution in [0, 0.1) is 0 Å². The Kier molecular flexibility index (Phi) is 6.27. The van der Waals surface area contributed by atoms with Crippen LogP contribution in [0.2, 0.25) is 0 Å². The van der Waals surface area contributed by atoms with Gasteiger partial charge in [0, 0.05) is 32.5 Å². The number of carboxylic acid groups (broad SMARTS) is 1. The normalized spacial score (nSPS) is 12.3. The van der Waals surface area contributed by atoms with Crippen molar-refractivity contribution < 1.29 is 19.7 Å². The summed E-state index contributed by atoms with van der Waals surface area (Å²) in [6.45, 7) is 0.835. The van der Waals surface area contributed by atoms with Gasteiger partial charge >= 0.3 is 5.97 Å². The molecule has 1 unspecified atom stereocenters. The van der Waals surface area contributed by atoms with Crippen molar-refractivity contribution in [3.8, 4) is 0 Å². The van der Waals surface area contributed by atoms with Gasteiger partial charge in [0.25, 0.3) is 0 Å². The van der Waals surface area contributed by atoms with E-state index >= 15 is 0 Å². The Balaban J connectivity index is 2.63. The minimum Gasteiger partial charge on any atom is -0.478 e. The van der Waals surface area contributed by atoms with E-state index in [1.807, 2.05) is 0 Å². The summed E-state index contributed by atoms with van der Waals surface area (Å²) < 4.78 is 5.01. The number of hydrogen-bond acceptors (Lipinski definition) is 5. The summed E-state index contributed by atoms with van der Waals surface area (Å²) in [5.74, 6) is -0.995. The quantitative estimate of drug-likeness (QED) is 0.616. The molecule has 6 nitrogen and oxygen atoms in total. The molecule has 100 valence electrons. The molecule has 0 amide bonds. The minimum atomic E-state index is -0.995. The average molecular weight is 254 g/mol. The van der Waals surface area contributed by atoms with Crippen LogP contribution in [0.4, 0.5) is 0 Å². The van der Waals surface area contributed by atoms with Crippen molar-refractivity contribution in [1.29, 1.82) is 0 Å². The van der Waals surface area contributed by atoms with Crippen LogP contribution >= 0.6 is 0 Å². The van der Waals surface area contributed by atoms with Gasteiger partial charge in [-0.15, -0.1) is 0 Å². The van der Waals surface area contributed by atoms with Gasteiger partial charge in [0.15, 0.2) is 0 Å². The van der Waals surface area contributed by atoms with Crippen LogP contribution < -0.4 is 5.32 Å². The number of carboxylic acids is 1. The second kappa shape index (κ2) is 7.75. The van der Waals surface area contributed by atoms with Crippen LogP contribution in [0.5, 0.6) is 0 Å². The van der Waals surface area contributed by atoms with E-state index in [0.717, 1.165) is 0 Å². The van der Waals surface area contributed by atoms with Crippen LogP contribution in [0.1, 0.15) is 22.5 Å². The van der Waals surface area contributed by atoms with Crippen molar-refractivity contribution in [3.63, 3.8) is 0 Å². The van der Waals surface area contributed by atoms with E-state index < -0.39 is 5.97 Å². The molecule has 3 N–H and O–H groups in total. The Morgan fingerprint density at radius 1 is 1.61 bits per heavy atom. The summed E-state index contributed by atoms with van der Waals surface area (Å²) in [5.41, 5.74) is 0.661. The van der Waals surface area contributed by atoms with E-state index in [1.165, 1.54) is 6.07 Å². The lowest BCUT2D eigenvalue weighted by Gasteiger charge is -2.17. The van der Waals surface area contributed by atoms with Crippen molar-refractivity contribution in [2.45, 2.75) is 19.0 Å². The summed E-state index contributed by atoms with van der Waals surface area (Å²) in [4.78, 5) is 15.0. The highest BCUT2D eigenvalue weighted by Gasteiger charge is 2.12. The molecule has 0 bridgehead atoms. The summed E-state index contributed by atoms with van der Waals surface area (Å²) >= 11 is 0. The molecule has 1 atom stereocenters. The minimum absolute atomic E-state index is 0.0244. The van der Waals surface area contributed by atoms with Gasteiger partial charge in [0.05, 0.1) is 17.9 Å². The molecule has 0 aliphatic rings. The number of carbonyl (C=O) groups is 1. The molecule has 1 rings (SSSR count). The standard InChI is InChI=1S/C12H18N2O4/c1-18-8-9(4-6-15)14-7-11-10(12(16)17)3-2-5-13-11/h2-3,5,9,14-15H,4,6-8H2,1H3,(H,16,17). The number of pyridine rings is 1.